The van der Waals surface area contributed by atoms with Crippen LogP contribution < -0.4 is 0 Å². The molecule has 0 N–H and O–H groups in total. The molecule has 7 heteroatoms. The number of benzene rings is 1. The molecule has 128 valence electrons. The van der Waals surface area contributed by atoms with Crippen LogP contribution >= 0.6 is 11.6 Å². The maximum absolute atomic E-state index is 13.5. The summed E-state index contributed by atoms with van der Waals surface area (Å²) in [5.74, 6) is 0. The molecule has 3 rings (SSSR count). The summed E-state index contributed by atoms with van der Waals surface area (Å²) in [5, 5.41) is 0.581. The molecule has 24 heavy (non-hydrogen) atoms. The zero-order valence-electron chi connectivity index (χ0n) is 13.5. The van der Waals surface area contributed by atoms with Crippen molar-refractivity contribution in [2.24, 2.45) is 0 Å². The van der Waals surface area contributed by atoms with E-state index >= 15 is 0 Å². The Hall–Kier alpha value is -0.590. The van der Waals surface area contributed by atoms with Gasteiger partial charge in [0, 0.05) is 0 Å². The van der Waals surface area contributed by atoms with Gasteiger partial charge in [0.2, 0.25) is 0 Å². The molecule has 0 atom stereocenters. The van der Waals surface area contributed by atoms with Crippen molar-refractivity contribution in [2.75, 3.05) is 33.2 Å². The number of halogens is 4. The van der Waals surface area contributed by atoms with E-state index in [4.69, 9.17) is 11.6 Å². The predicted octanol–water partition coefficient (Wildman–Crippen LogP) is 3.63. The summed E-state index contributed by atoms with van der Waals surface area (Å²) in [6.45, 7) is 3.36. The third-order valence-electron chi connectivity index (χ3n) is 4.62. The molecule has 2 aliphatic heterocycles. The van der Waals surface area contributed by atoms with E-state index in [0.29, 0.717) is 9.20 Å². The zero-order valence-corrected chi connectivity index (χ0v) is 17.5. The van der Waals surface area contributed by atoms with Gasteiger partial charge in [0.25, 0.3) is 0 Å². The van der Waals surface area contributed by atoms with Crippen LogP contribution in [0.3, 0.4) is 0 Å². The van der Waals surface area contributed by atoms with Crippen molar-refractivity contribution >= 4 is 33.0 Å². The first-order valence-corrected chi connectivity index (χ1v) is 14.3. The Labute approximate surface area is 153 Å². The first-order valence-electron chi connectivity index (χ1n) is 8.01. The minimum absolute atomic E-state index is 0.252. The second kappa shape index (κ2) is 7.34. The second-order valence-corrected chi connectivity index (χ2v) is 14.2. The molecule has 1 saturated heterocycles. The third-order valence-corrected chi connectivity index (χ3v) is 13.3. The van der Waals surface area contributed by atoms with Crippen molar-refractivity contribution < 1.29 is 13.2 Å². The standard InChI is InChI=1S/C10H13F3N2.C7H6Cl.In/c1-9(3-4-10(11,12)13)15-7-5-14(2)6-8-15;1-6-3-2-4-7(8)5-6;/h1,3H,5-8H2,2H3;2-5H,1H2;. The Morgan fingerprint density at radius 1 is 1.17 bits per heavy atom. The van der Waals surface area contributed by atoms with Crippen LogP contribution in [0.2, 0.25) is 5.02 Å². The number of rotatable bonds is 3. The van der Waals surface area contributed by atoms with Gasteiger partial charge in [0.1, 0.15) is 0 Å². The fraction of sp³-hybridized carbons (Fsp3) is 0.412. The third kappa shape index (κ3) is 4.33. The summed E-state index contributed by atoms with van der Waals surface area (Å²) >= 11 is 2.91. The number of nitrogens with zero attached hydrogens (tertiary/aromatic N) is 2. The van der Waals surface area contributed by atoms with Crippen molar-refractivity contribution in [2.45, 2.75) is 10.4 Å². The average Bonchev–Trinajstić information content (AvgIpc) is 2.92. The maximum atomic E-state index is 13.5. The molecule has 0 radical (unpaired) electrons. The van der Waals surface area contributed by atoms with Crippen LogP contribution in [0, 0.1) is 0 Å². The molecule has 1 aromatic carbocycles. The molecule has 0 spiro atoms. The van der Waals surface area contributed by atoms with Gasteiger partial charge in [0.15, 0.2) is 0 Å². The fourth-order valence-electron chi connectivity index (χ4n) is 3.25. The van der Waals surface area contributed by atoms with Crippen LogP contribution in [0.5, 0.6) is 0 Å². The number of alkyl halides is 3. The average molecular weight is 459 g/mol. The minimum atomic E-state index is -4.22. The summed E-state index contributed by atoms with van der Waals surface area (Å²) in [4.78, 5) is 4.30. The topological polar surface area (TPSA) is 6.48 Å². The Morgan fingerprint density at radius 3 is 2.50 bits per heavy atom. The fourth-order valence-corrected chi connectivity index (χ4v) is 11.5. The summed E-state index contributed by atoms with van der Waals surface area (Å²) in [5.41, 5.74) is 1.70. The van der Waals surface area contributed by atoms with Gasteiger partial charge in [-0.1, -0.05) is 0 Å². The van der Waals surface area contributed by atoms with E-state index in [9.17, 15) is 13.2 Å². The molecule has 0 unspecified atom stereocenters. The molecule has 0 aromatic heterocycles. The summed E-state index contributed by atoms with van der Waals surface area (Å²) < 4.78 is 42.7. The van der Waals surface area contributed by atoms with Crippen LogP contribution in [0.25, 0.3) is 0 Å². The number of hydrogen-bond acceptors (Lipinski definition) is 2. The number of likely N-dealkylation sites (N-methyl/N-ethyl adjacent to an activating group) is 1. The summed E-state index contributed by atoms with van der Waals surface area (Å²) in [6.07, 6.45) is -2.80. The van der Waals surface area contributed by atoms with E-state index in [0.717, 1.165) is 37.4 Å². The Morgan fingerprint density at radius 2 is 1.88 bits per heavy atom. The van der Waals surface area contributed by atoms with Gasteiger partial charge in [-0.25, -0.2) is 0 Å². The van der Waals surface area contributed by atoms with Crippen molar-refractivity contribution in [1.29, 1.82) is 0 Å². The van der Waals surface area contributed by atoms with E-state index in [1.54, 1.807) is 18.2 Å². The number of allylic oxidation sites excluding steroid dienone is 2. The Kier molecular flexibility index (Phi) is 5.57. The number of hydrogen-bond donors (Lipinski definition) is 0. The molecule has 2 aliphatic rings. The van der Waals surface area contributed by atoms with E-state index in [1.165, 1.54) is 6.08 Å². The van der Waals surface area contributed by atoms with Gasteiger partial charge in [0.05, 0.1) is 0 Å². The summed E-state index contributed by atoms with van der Waals surface area (Å²) in [7, 11) is 2.04. The molecule has 1 aromatic rings. The van der Waals surface area contributed by atoms with Crippen LogP contribution in [-0.4, -0.2) is 70.6 Å². The van der Waals surface area contributed by atoms with Gasteiger partial charge in [-0.3, -0.25) is 0 Å². The SMILES string of the molecule is CN1CCN(C2=[CH][In]([CH2]c3cccc(Cl)c3)[C](C(F)(F)F)=C2)CC1. The molecular formula is C17H19ClF3InN2. The van der Waals surface area contributed by atoms with Gasteiger partial charge < -0.3 is 0 Å². The van der Waals surface area contributed by atoms with E-state index < -0.39 is 27.6 Å². The van der Waals surface area contributed by atoms with Crippen LogP contribution in [0.4, 0.5) is 13.2 Å². The number of piperazine rings is 1. The molecule has 0 bridgehead atoms. The Bertz CT molecular complexity index is 664. The quantitative estimate of drug-likeness (QED) is 0.683. The molecule has 2 heterocycles. The van der Waals surface area contributed by atoms with Crippen molar-refractivity contribution in [3.8, 4) is 0 Å². The van der Waals surface area contributed by atoms with Crippen LogP contribution in [-0.2, 0) is 4.18 Å². The van der Waals surface area contributed by atoms with Crippen molar-refractivity contribution in [3.63, 3.8) is 0 Å². The Balaban J connectivity index is 1.82. The van der Waals surface area contributed by atoms with Gasteiger partial charge in [-0.15, -0.1) is 0 Å². The van der Waals surface area contributed by atoms with Crippen molar-refractivity contribution in [3.05, 3.63) is 53.8 Å². The van der Waals surface area contributed by atoms with Crippen LogP contribution in [0.15, 0.2) is 43.2 Å². The van der Waals surface area contributed by atoms with Crippen molar-refractivity contribution in [1.82, 2.24) is 9.80 Å². The van der Waals surface area contributed by atoms with E-state index in [1.807, 2.05) is 16.9 Å². The molecular weight excluding hydrogens is 439 g/mol. The molecule has 2 nitrogen and oxygen atoms in total. The summed E-state index contributed by atoms with van der Waals surface area (Å²) in [6, 6.07) is 7.22. The van der Waals surface area contributed by atoms with Gasteiger partial charge in [-0.2, -0.15) is 0 Å². The monoisotopic (exact) mass is 458 g/mol. The molecule has 0 saturated carbocycles. The molecule has 1 fully saturated rings. The van der Waals surface area contributed by atoms with Gasteiger partial charge in [-0.05, 0) is 0 Å². The first-order chi connectivity index (χ1) is 11.3. The van der Waals surface area contributed by atoms with Gasteiger partial charge >= 0.3 is 153 Å². The normalized spacial score (nSPS) is 19.5. The molecule has 0 amide bonds. The molecule has 0 aliphatic carbocycles. The first kappa shape index (κ1) is 18.2. The van der Waals surface area contributed by atoms with E-state index in [2.05, 4.69) is 9.80 Å². The second-order valence-electron chi connectivity index (χ2n) is 6.42. The van der Waals surface area contributed by atoms with E-state index in [-0.39, 0.29) is 3.33 Å². The predicted molar refractivity (Wildman–Crippen MR) is 92.2 cm³/mol. The zero-order chi connectivity index (χ0) is 17.3. The van der Waals surface area contributed by atoms with Crippen LogP contribution in [0.1, 0.15) is 5.56 Å².